The molecule has 1 saturated carbocycles. The number of amides is 1. The summed E-state index contributed by atoms with van der Waals surface area (Å²) in [5.74, 6) is -0.901. The Morgan fingerprint density at radius 3 is 2.68 bits per heavy atom. The topological polar surface area (TPSA) is 57.6 Å². The van der Waals surface area contributed by atoms with E-state index in [-0.39, 0.29) is 11.8 Å². The number of carboxylic acid groups (broad SMARTS) is 1. The summed E-state index contributed by atoms with van der Waals surface area (Å²) in [7, 11) is 0. The van der Waals surface area contributed by atoms with E-state index in [1.165, 1.54) is 4.90 Å². The van der Waals surface area contributed by atoms with Gasteiger partial charge in [0.1, 0.15) is 0 Å². The van der Waals surface area contributed by atoms with Gasteiger partial charge in [0.25, 0.3) is 0 Å². The lowest BCUT2D eigenvalue weighted by atomic mass is 9.92. The highest BCUT2D eigenvalue weighted by atomic mass is 79.9. The molecule has 100 valence electrons. The summed E-state index contributed by atoms with van der Waals surface area (Å²) < 4.78 is 0.846. The molecule has 0 saturated heterocycles. The van der Waals surface area contributed by atoms with Crippen LogP contribution in [-0.4, -0.2) is 28.4 Å². The molecule has 2 aliphatic rings. The van der Waals surface area contributed by atoms with Gasteiger partial charge in [0, 0.05) is 16.9 Å². The summed E-state index contributed by atoms with van der Waals surface area (Å²) in [5.41, 5.74) is 1.76. The number of nitrogens with zero attached hydrogens (tertiary/aromatic N) is 1. The van der Waals surface area contributed by atoms with E-state index in [1.807, 2.05) is 18.2 Å². The van der Waals surface area contributed by atoms with Crippen LogP contribution >= 0.6 is 15.9 Å². The second-order valence-corrected chi connectivity index (χ2v) is 6.06. The number of carboxylic acids is 1. The van der Waals surface area contributed by atoms with E-state index >= 15 is 0 Å². The molecule has 3 rings (SSSR count). The first kappa shape index (κ1) is 12.7. The van der Waals surface area contributed by atoms with Crippen LogP contribution in [0.15, 0.2) is 22.7 Å². The first-order valence-electron chi connectivity index (χ1n) is 6.39. The molecule has 5 heteroatoms. The fourth-order valence-electron chi connectivity index (χ4n) is 2.65. The van der Waals surface area contributed by atoms with Crippen molar-refractivity contribution in [3.63, 3.8) is 0 Å². The number of rotatable bonds is 2. The minimum atomic E-state index is -0.951. The van der Waals surface area contributed by atoms with Crippen LogP contribution in [-0.2, 0) is 16.0 Å². The van der Waals surface area contributed by atoms with Gasteiger partial charge in [-0.1, -0.05) is 22.0 Å². The van der Waals surface area contributed by atoms with Gasteiger partial charge in [0.2, 0.25) is 5.91 Å². The fraction of sp³-hybridized carbons (Fsp3) is 0.429. The Hall–Kier alpha value is -1.36. The minimum absolute atomic E-state index is 0.00183. The number of aliphatic carboxylic acids is 1. The van der Waals surface area contributed by atoms with E-state index < -0.39 is 12.0 Å². The summed E-state index contributed by atoms with van der Waals surface area (Å²) in [6.45, 7) is 0.501. The summed E-state index contributed by atoms with van der Waals surface area (Å²) in [6, 6.07) is 4.83. The van der Waals surface area contributed by atoms with Crippen molar-refractivity contribution in [1.82, 2.24) is 4.90 Å². The summed E-state index contributed by atoms with van der Waals surface area (Å²) in [4.78, 5) is 25.3. The molecule has 1 aromatic rings. The number of hydrogen-bond acceptors (Lipinski definition) is 2. The lowest BCUT2D eigenvalue weighted by Gasteiger charge is -2.35. The molecule has 1 heterocycles. The first-order chi connectivity index (χ1) is 9.08. The Labute approximate surface area is 119 Å². The lowest BCUT2D eigenvalue weighted by molar-refractivity contribution is -0.151. The quantitative estimate of drug-likeness (QED) is 0.909. The Kier molecular flexibility index (Phi) is 3.09. The number of fused-ring (bicyclic) bond motifs is 1. The number of hydrogen-bond donors (Lipinski definition) is 1. The molecule has 1 aliphatic heterocycles. The van der Waals surface area contributed by atoms with Crippen molar-refractivity contribution in [3.05, 3.63) is 33.8 Å². The van der Waals surface area contributed by atoms with Crippen molar-refractivity contribution in [2.24, 2.45) is 5.92 Å². The summed E-state index contributed by atoms with van der Waals surface area (Å²) >= 11 is 3.37. The van der Waals surface area contributed by atoms with E-state index in [0.717, 1.165) is 34.9 Å². The third-order valence-corrected chi connectivity index (χ3v) is 4.27. The van der Waals surface area contributed by atoms with Crippen molar-refractivity contribution < 1.29 is 14.7 Å². The van der Waals surface area contributed by atoms with Gasteiger partial charge in [-0.3, -0.25) is 4.79 Å². The zero-order chi connectivity index (χ0) is 13.6. The van der Waals surface area contributed by atoms with Crippen LogP contribution in [0.5, 0.6) is 0 Å². The lowest BCUT2D eigenvalue weighted by Crippen LogP contribution is -2.44. The third-order valence-electron chi connectivity index (χ3n) is 3.78. The van der Waals surface area contributed by atoms with Crippen LogP contribution in [0.3, 0.4) is 0 Å². The number of halogens is 1. The van der Waals surface area contributed by atoms with E-state index in [1.54, 1.807) is 0 Å². The van der Waals surface area contributed by atoms with Gasteiger partial charge in [-0.25, -0.2) is 4.79 Å². The number of benzene rings is 1. The third kappa shape index (κ3) is 2.27. The molecule has 1 N–H and O–H groups in total. The fourth-order valence-corrected chi connectivity index (χ4v) is 3.03. The molecule has 0 radical (unpaired) electrons. The van der Waals surface area contributed by atoms with Crippen LogP contribution in [0, 0.1) is 5.92 Å². The standard InChI is InChI=1S/C14H14BrNO3/c15-10-4-3-8-5-6-16(13(17)9-1-2-9)12(14(18)19)11(8)7-10/h3-4,7,9,12H,1-2,5-6H2,(H,18,19). The van der Waals surface area contributed by atoms with Crippen LogP contribution in [0.1, 0.15) is 30.0 Å². The van der Waals surface area contributed by atoms with Gasteiger partial charge < -0.3 is 10.0 Å². The summed E-state index contributed by atoms with van der Waals surface area (Å²) in [5, 5.41) is 9.49. The molecule has 1 aliphatic carbocycles. The first-order valence-corrected chi connectivity index (χ1v) is 7.19. The number of carbonyl (C=O) groups excluding carboxylic acids is 1. The van der Waals surface area contributed by atoms with E-state index in [0.29, 0.717) is 6.54 Å². The van der Waals surface area contributed by atoms with E-state index in [9.17, 15) is 14.7 Å². The summed E-state index contributed by atoms with van der Waals surface area (Å²) in [6.07, 6.45) is 2.52. The van der Waals surface area contributed by atoms with Crippen molar-refractivity contribution in [1.29, 1.82) is 0 Å². The predicted octanol–water partition coefficient (Wildman–Crippen LogP) is 2.37. The highest BCUT2D eigenvalue weighted by Gasteiger charge is 2.41. The smallest absolute Gasteiger partial charge is 0.331 e. The maximum atomic E-state index is 12.2. The van der Waals surface area contributed by atoms with Gasteiger partial charge in [0.05, 0.1) is 0 Å². The van der Waals surface area contributed by atoms with Gasteiger partial charge in [-0.05, 0) is 42.5 Å². The zero-order valence-electron chi connectivity index (χ0n) is 10.3. The molecule has 19 heavy (non-hydrogen) atoms. The van der Waals surface area contributed by atoms with Gasteiger partial charge >= 0.3 is 5.97 Å². The molecule has 0 bridgehead atoms. The molecule has 1 atom stereocenters. The molecule has 1 aromatic carbocycles. The van der Waals surface area contributed by atoms with Crippen molar-refractivity contribution >= 4 is 27.8 Å². The van der Waals surface area contributed by atoms with Gasteiger partial charge in [-0.2, -0.15) is 0 Å². The van der Waals surface area contributed by atoms with Gasteiger partial charge in [0.15, 0.2) is 6.04 Å². The van der Waals surface area contributed by atoms with Crippen LogP contribution in [0.4, 0.5) is 0 Å². The Balaban J connectivity index is 2.00. The van der Waals surface area contributed by atoms with E-state index in [4.69, 9.17) is 0 Å². The number of carbonyl (C=O) groups is 2. The van der Waals surface area contributed by atoms with Crippen molar-refractivity contribution in [2.45, 2.75) is 25.3 Å². The van der Waals surface area contributed by atoms with E-state index in [2.05, 4.69) is 15.9 Å². The highest BCUT2D eigenvalue weighted by molar-refractivity contribution is 9.10. The average molecular weight is 324 g/mol. The Morgan fingerprint density at radius 2 is 2.05 bits per heavy atom. The van der Waals surface area contributed by atoms with Crippen LogP contribution in [0.2, 0.25) is 0 Å². The molecule has 4 nitrogen and oxygen atoms in total. The highest BCUT2D eigenvalue weighted by Crippen LogP contribution is 2.37. The second kappa shape index (κ2) is 4.63. The van der Waals surface area contributed by atoms with Gasteiger partial charge in [-0.15, -0.1) is 0 Å². The normalized spacial score (nSPS) is 21.9. The molecule has 0 aromatic heterocycles. The maximum Gasteiger partial charge on any atom is 0.331 e. The molecular formula is C14H14BrNO3. The van der Waals surface area contributed by atoms with Crippen molar-refractivity contribution in [2.75, 3.05) is 6.54 Å². The Bertz CT molecular complexity index is 554. The second-order valence-electron chi connectivity index (χ2n) is 5.14. The van der Waals surface area contributed by atoms with Crippen LogP contribution < -0.4 is 0 Å². The molecule has 0 spiro atoms. The zero-order valence-corrected chi connectivity index (χ0v) is 11.9. The average Bonchev–Trinajstić information content (AvgIpc) is 3.20. The van der Waals surface area contributed by atoms with Crippen molar-refractivity contribution in [3.8, 4) is 0 Å². The largest absolute Gasteiger partial charge is 0.479 e. The molecule has 1 fully saturated rings. The maximum absolute atomic E-state index is 12.2. The predicted molar refractivity (Wildman–Crippen MR) is 72.7 cm³/mol. The SMILES string of the molecule is O=C(O)C1c2cc(Br)ccc2CCN1C(=O)C1CC1. The Morgan fingerprint density at radius 1 is 1.32 bits per heavy atom. The molecule has 1 unspecified atom stereocenters. The monoisotopic (exact) mass is 323 g/mol. The molecular weight excluding hydrogens is 310 g/mol. The minimum Gasteiger partial charge on any atom is -0.479 e. The molecule has 1 amide bonds. The van der Waals surface area contributed by atoms with Crippen LogP contribution in [0.25, 0.3) is 0 Å².